The average molecular weight is 445 g/mol. The van der Waals surface area contributed by atoms with Gasteiger partial charge in [-0.05, 0) is 12.0 Å². The number of benzene rings is 1. The molecule has 1 fully saturated rings. The first-order valence-corrected chi connectivity index (χ1v) is 9.94. The Morgan fingerprint density at radius 2 is 1.65 bits per heavy atom. The Labute approximate surface area is 178 Å². The summed E-state index contributed by atoms with van der Waals surface area (Å²) in [7, 11) is 0. The highest BCUT2D eigenvalue weighted by molar-refractivity contribution is 5.86. The molecule has 1 saturated heterocycles. The van der Waals surface area contributed by atoms with E-state index in [2.05, 4.69) is 0 Å². The highest BCUT2D eigenvalue weighted by Gasteiger charge is 2.39. The second-order valence-corrected chi connectivity index (χ2v) is 7.00. The number of ether oxygens (including phenoxy) is 2. The number of hydrogen-bond donors (Lipinski definition) is 1. The summed E-state index contributed by atoms with van der Waals surface area (Å²) in [4.78, 5) is 39.1. The third-order valence-corrected chi connectivity index (χ3v) is 4.52. The highest BCUT2D eigenvalue weighted by atomic mass is 19.4. The van der Waals surface area contributed by atoms with Crippen molar-refractivity contribution in [3.63, 3.8) is 0 Å². The number of piperazine rings is 1. The van der Waals surface area contributed by atoms with Crippen LogP contribution in [0.3, 0.4) is 0 Å². The Kier molecular flexibility index (Phi) is 8.95. The lowest BCUT2D eigenvalue weighted by Crippen LogP contribution is -2.56. The Hall–Kier alpha value is -2.98. The summed E-state index contributed by atoms with van der Waals surface area (Å²) < 4.78 is 48.9. The van der Waals surface area contributed by atoms with Crippen molar-refractivity contribution in [2.45, 2.75) is 38.6 Å². The first-order valence-electron chi connectivity index (χ1n) is 9.94. The number of rotatable bonds is 7. The fourth-order valence-electron chi connectivity index (χ4n) is 2.95. The lowest BCUT2D eigenvalue weighted by atomic mass is 10.1. The second kappa shape index (κ2) is 11.4. The number of nitrogens with one attached hydrogen (secondary N) is 1. The fourth-order valence-corrected chi connectivity index (χ4v) is 2.95. The Morgan fingerprint density at radius 1 is 1.03 bits per heavy atom. The van der Waals surface area contributed by atoms with Crippen LogP contribution >= 0.6 is 0 Å². The summed E-state index contributed by atoms with van der Waals surface area (Å²) >= 11 is 0. The summed E-state index contributed by atoms with van der Waals surface area (Å²) in [5, 5.41) is 2.03. The number of halogens is 3. The van der Waals surface area contributed by atoms with E-state index in [9.17, 15) is 27.6 Å². The minimum atomic E-state index is -4.67. The van der Waals surface area contributed by atoms with Crippen LogP contribution in [-0.4, -0.2) is 72.9 Å². The molecule has 1 N–H and O–H groups in total. The largest absolute Gasteiger partial charge is 0.449 e. The van der Waals surface area contributed by atoms with Crippen molar-refractivity contribution < 1.29 is 37.0 Å². The molecular formula is C20H26F3N3O5. The molecule has 1 aromatic rings. The molecule has 172 valence electrons. The minimum Gasteiger partial charge on any atom is -0.449 e. The molecule has 0 bridgehead atoms. The van der Waals surface area contributed by atoms with Gasteiger partial charge in [-0.1, -0.05) is 37.3 Å². The van der Waals surface area contributed by atoms with Gasteiger partial charge in [-0.15, -0.1) is 0 Å². The molecule has 8 nitrogen and oxygen atoms in total. The zero-order valence-corrected chi connectivity index (χ0v) is 17.2. The van der Waals surface area contributed by atoms with Crippen LogP contribution in [0.1, 0.15) is 25.3 Å². The second-order valence-electron chi connectivity index (χ2n) is 7.00. The van der Waals surface area contributed by atoms with Gasteiger partial charge in [0.25, 0.3) is 0 Å². The highest BCUT2D eigenvalue weighted by Crippen LogP contribution is 2.23. The van der Waals surface area contributed by atoms with Gasteiger partial charge in [0.15, 0.2) is 0 Å². The van der Waals surface area contributed by atoms with Crippen molar-refractivity contribution in [2.75, 3.05) is 32.8 Å². The average Bonchev–Trinajstić information content (AvgIpc) is 2.75. The molecular weight excluding hydrogens is 419 g/mol. The van der Waals surface area contributed by atoms with E-state index in [4.69, 9.17) is 9.47 Å². The molecule has 3 amide bonds. The van der Waals surface area contributed by atoms with Crippen molar-refractivity contribution in [2.24, 2.45) is 0 Å². The molecule has 1 aliphatic heterocycles. The van der Waals surface area contributed by atoms with E-state index in [1.54, 1.807) is 30.3 Å². The van der Waals surface area contributed by atoms with E-state index in [-0.39, 0.29) is 39.4 Å². The van der Waals surface area contributed by atoms with E-state index in [0.29, 0.717) is 12.0 Å². The van der Waals surface area contributed by atoms with Crippen molar-refractivity contribution >= 4 is 18.1 Å². The molecule has 2 rings (SSSR count). The molecule has 1 heterocycles. The van der Waals surface area contributed by atoms with Crippen LogP contribution in [0.2, 0.25) is 0 Å². The van der Waals surface area contributed by atoms with Crippen LogP contribution in [0, 0.1) is 0 Å². The predicted molar refractivity (Wildman–Crippen MR) is 104 cm³/mol. The van der Waals surface area contributed by atoms with Gasteiger partial charge < -0.3 is 24.6 Å². The van der Waals surface area contributed by atoms with Crippen molar-refractivity contribution in [1.82, 2.24) is 15.1 Å². The quantitative estimate of drug-likeness (QED) is 0.697. The smallest absolute Gasteiger partial charge is 0.409 e. The molecule has 0 spiro atoms. The molecule has 0 saturated carbocycles. The molecule has 0 aliphatic carbocycles. The van der Waals surface area contributed by atoms with Gasteiger partial charge in [-0.2, -0.15) is 13.2 Å². The van der Waals surface area contributed by atoms with Crippen LogP contribution in [0.15, 0.2) is 30.3 Å². The van der Waals surface area contributed by atoms with Gasteiger partial charge in [0.2, 0.25) is 5.91 Å². The summed E-state index contributed by atoms with van der Waals surface area (Å²) in [6, 6.07) is 6.79. The molecule has 31 heavy (non-hydrogen) atoms. The van der Waals surface area contributed by atoms with Crippen LogP contribution in [-0.2, 0) is 20.9 Å². The van der Waals surface area contributed by atoms with Gasteiger partial charge in [0.1, 0.15) is 12.6 Å². The first-order chi connectivity index (χ1) is 14.7. The van der Waals surface area contributed by atoms with Crippen LogP contribution < -0.4 is 5.32 Å². The topological polar surface area (TPSA) is 88.2 Å². The first kappa shape index (κ1) is 24.3. The van der Waals surface area contributed by atoms with Crippen molar-refractivity contribution in [3.05, 3.63) is 35.9 Å². The molecule has 1 atom stereocenters. The number of alkyl carbamates (subject to hydrolysis) is 1. The SMILES string of the molecule is CCCOC(=O)N1CCN(C(=O)[C@H](CC(F)(F)F)NC(=O)OCc2ccccc2)CC1. The zero-order chi connectivity index (χ0) is 22.9. The van der Waals surface area contributed by atoms with E-state index in [0.717, 1.165) is 0 Å². The van der Waals surface area contributed by atoms with Crippen molar-refractivity contribution in [1.29, 1.82) is 0 Å². The summed E-state index contributed by atoms with van der Waals surface area (Å²) in [5.74, 6) is -0.879. The van der Waals surface area contributed by atoms with E-state index < -0.39 is 36.7 Å². The monoisotopic (exact) mass is 445 g/mol. The van der Waals surface area contributed by atoms with Gasteiger partial charge in [0, 0.05) is 26.2 Å². The summed E-state index contributed by atoms with van der Waals surface area (Å²) in [5.41, 5.74) is 0.655. The normalized spacial score (nSPS) is 15.2. The Bertz CT molecular complexity index is 737. The maximum Gasteiger partial charge on any atom is 0.409 e. The third-order valence-electron chi connectivity index (χ3n) is 4.52. The molecule has 1 aromatic carbocycles. The number of carbonyl (C=O) groups excluding carboxylic acids is 3. The van der Waals surface area contributed by atoms with E-state index in [1.807, 2.05) is 12.2 Å². The standard InChI is InChI=1S/C20H26F3N3O5/c1-2-12-30-19(29)26-10-8-25(9-11-26)17(27)16(13-20(21,22)23)24-18(28)31-14-15-6-4-3-5-7-15/h3-7,16H,2,8-14H2,1H3,(H,24,28)/t16-/m0/s1. The lowest BCUT2D eigenvalue weighted by Gasteiger charge is -2.36. The third kappa shape index (κ3) is 8.35. The predicted octanol–water partition coefficient (Wildman–Crippen LogP) is 2.92. The van der Waals surface area contributed by atoms with Crippen LogP contribution in [0.5, 0.6) is 0 Å². The van der Waals surface area contributed by atoms with Crippen LogP contribution in [0.25, 0.3) is 0 Å². The van der Waals surface area contributed by atoms with E-state index in [1.165, 1.54) is 9.80 Å². The number of nitrogens with zero attached hydrogens (tertiary/aromatic N) is 2. The van der Waals surface area contributed by atoms with Crippen molar-refractivity contribution in [3.8, 4) is 0 Å². The molecule has 0 unspecified atom stereocenters. The number of carbonyl (C=O) groups is 3. The molecule has 0 radical (unpaired) electrons. The van der Waals surface area contributed by atoms with E-state index >= 15 is 0 Å². The number of amides is 3. The maximum absolute atomic E-state index is 13.0. The van der Waals surface area contributed by atoms with Gasteiger partial charge >= 0.3 is 18.4 Å². The van der Waals surface area contributed by atoms with Crippen LogP contribution in [0.4, 0.5) is 22.8 Å². The minimum absolute atomic E-state index is 0.0369. The molecule has 0 aromatic heterocycles. The Balaban J connectivity index is 1.92. The number of hydrogen-bond acceptors (Lipinski definition) is 5. The molecule has 11 heteroatoms. The zero-order valence-electron chi connectivity index (χ0n) is 17.2. The Morgan fingerprint density at radius 3 is 2.23 bits per heavy atom. The lowest BCUT2D eigenvalue weighted by molar-refractivity contribution is -0.154. The van der Waals surface area contributed by atoms with Gasteiger partial charge in [-0.25, -0.2) is 9.59 Å². The fraction of sp³-hybridized carbons (Fsp3) is 0.550. The van der Waals surface area contributed by atoms with Gasteiger partial charge in [-0.3, -0.25) is 4.79 Å². The maximum atomic E-state index is 13.0. The molecule has 1 aliphatic rings. The summed E-state index contributed by atoms with van der Waals surface area (Å²) in [6.45, 7) is 2.31. The van der Waals surface area contributed by atoms with Gasteiger partial charge in [0.05, 0.1) is 13.0 Å². The summed E-state index contributed by atoms with van der Waals surface area (Å²) in [6.07, 6.45) is -7.17. The number of alkyl halides is 3.